The minimum atomic E-state index is -0.468. The number of fused-ring (bicyclic) bond motifs is 4. The van der Waals surface area contributed by atoms with E-state index in [0.29, 0.717) is 13.1 Å². The number of H-pyrrole nitrogens is 1. The van der Waals surface area contributed by atoms with Crippen molar-refractivity contribution in [3.05, 3.63) is 35.5 Å². The van der Waals surface area contributed by atoms with Crippen molar-refractivity contribution in [2.24, 2.45) is 5.41 Å². The number of aliphatic hydroxyl groups excluding tert-OH is 1. The van der Waals surface area contributed by atoms with E-state index in [4.69, 9.17) is 4.74 Å². The standard InChI is InChI=1S/C20H24N2O3/c23-13-19(6-7-19)18(24)22-10-8-20(9-11-22)17-15(5-12-25-20)14-3-1-2-4-16(14)21-17/h1-4,21,23H,5-13H2. The quantitative estimate of drug-likeness (QED) is 0.882. The Bertz CT molecular complexity index is 829. The summed E-state index contributed by atoms with van der Waals surface area (Å²) in [5, 5.41) is 10.8. The second-order valence-corrected chi connectivity index (χ2v) is 7.85. The van der Waals surface area contributed by atoms with Crippen molar-refractivity contribution in [1.29, 1.82) is 0 Å². The number of nitrogens with one attached hydrogen (secondary N) is 1. The Morgan fingerprint density at radius 2 is 1.96 bits per heavy atom. The van der Waals surface area contributed by atoms with Gasteiger partial charge in [0.15, 0.2) is 0 Å². The van der Waals surface area contributed by atoms with Crippen LogP contribution in [0.3, 0.4) is 0 Å². The average Bonchev–Trinajstić information content (AvgIpc) is 3.37. The van der Waals surface area contributed by atoms with E-state index in [0.717, 1.165) is 38.7 Å². The lowest BCUT2D eigenvalue weighted by Gasteiger charge is -2.44. The minimum Gasteiger partial charge on any atom is -0.395 e. The maximum absolute atomic E-state index is 12.7. The maximum atomic E-state index is 12.7. The fourth-order valence-corrected chi connectivity index (χ4v) is 4.66. The predicted octanol–water partition coefficient (Wildman–Crippen LogP) is 2.33. The first-order valence-corrected chi connectivity index (χ1v) is 9.32. The fraction of sp³-hybridized carbons (Fsp3) is 0.550. The number of aliphatic hydroxyl groups is 1. The topological polar surface area (TPSA) is 65.6 Å². The van der Waals surface area contributed by atoms with E-state index < -0.39 is 5.41 Å². The molecule has 1 aromatic carbocycles. The fourth-order valence-electron chi connectivity index (χ4n) is 4.66. The molecule has 0 radical (unpaired) electrons. The van der Waals surface area contributed by atoms with Crippen LogP contribution in [0.15, 0.2) is 24.3 Å². The summed E-state index contributed by atoms with van der Waals surface area (Å²) < 4.78 is 6.30. The van der Waals surface area contributed by atoms with Crippen molar-refractivity contribution in [2.75, 3.05) is 26.3 Å². The molecule has 3 heterocycles. The Morgan fingerprint density at radius 1 is 1.20 bits per heavy atom. The smallest absolute Gasteiger partial charge is 0.231 e. The van der Waals surface area contributed by atoms with Gasteiger partial charge >= 0.3 is 0 Å². The molecule has 1 spiro atoms. The normalized spacial score (nSPS) is 23.6. The zero-order chi connectivity index (χ0) is 17.1. The van der Waals surface area contributed by atoms with Gasteiger partial charge in [-0.1, -0.05) is 18.2 Å². The molecule has 0 unspecified atom stereocenters. The van der Waals surface area contributed by atoms with Gasteiger partial charge in [0.05, 0.1) is 24.3 Å². The van der Waals surface area contributed by atoms with Crippen LogP contribution in [-0.4, -0.2) is 47.2 Å². The molecule has 0 bridgehead atoms. The minimum absolute atomic E-state index is 0.0177. The Balaban J connectivity index is 1.43. The molecule has 5 rings (SSSR count). The Labute approximate surface area is 147 Å². The zero-order valence-corrected chi connectivity index (χ0v) is 14.4. The summed E-state index contributed by atoms with van der Waals surface area (Å²) in [5.74, 6) is 0.137. The third-order valence-corrected chi connectivity index (χ3v) is 6.47. The Morgan fingerprint density at radius 3 is 2.68 bits per heavy atom. The highest BCUT2D eigenvalue weighted by Crippen LogP contribution is 2.49. The van der Waals surface area contributed by atoms with Gasteiger partial charge in [-0.25, -0.2) is 0 Å². The zero-order valence-electron chi connectivity index (χ0n) is 14.4. The number of benzene rings is 1. The molecule has 25 heavy (non-hydrogen) atoms. The van der Waals surface area contributed by atoms with Crippen molar-refractivity contribution in [1.82, 2.24) is 9.88 Å². The molecule has 1 amide bonds. The van der Waals surface area contributed by atoms with Crippen molar-refractivity contribution in [2.45, 2.75) is 37.7 Å². The molecule has 1 saturated carbocycles. The van der Waals surface area contributed by atoms with Gasteiger partial charge in [0.1, 0.15) is 5.60 Å². The maximum Gasteiger partial charge on any atom is 0.231 e. The molecular formula is C20H24N2O3. The summed E-state index contributed by atoms with van der Waals surface area (Å²) in [6, 6.07) is 8.45. The summed E-state index contributed by atoms with van der Waals surface area (Å²) >= 11 is 0. The van der Waals surface area contributed by atoms with Crippen molar-refractivity contribution < 1.29 is 14.6 Å². The van der Waals surface area contributed by atoms with Crippen LogP contribution in [0.1, 0.15) is 36.9 Å². The highest BCUT2D eigenvalue weighted by molar-refractivity contribution is 5.86. The van der Waals surface area contributed by atoms with Crippen LogP contribution in [0.2, 0.25) is 0 Å². The first kappa shape index (κ1) is 15.4. The molecule has 5 heteroatoms. The summed E-state index contributed by atoms with van der Waals surface area (Å²) in [5.41, 5.74) is 3.02. The third-order valence-electron chi connectivity index (χ3n) is 6.47. The Hall–Kier alpha value is -1.85. The lowest BCUT2D eigenvalue weighted by atomic mass is 9.83. The van der Waals surface area contributed by atoms with E-state index in [-0.39, 0.29) is 18.1 Å². The number of carbonyl (C=O) groups is 1. The van der Waals surface area contributed by atoms with Crippen LogP contribution in [-0.2, 0) is 21.6 Å². The lowest BCUT2D eigenvalue weighted by molar-refractivity contribution is -0.147. The first-order chi connectivity index (χ1) is 12.2. The van der Waals surface area contributed by atoms with Gasteiger partial charge in [0, 0.05) is 24.0 Å². The summed E-state index contributed by atoms with van der Waals surface area (Å²) in [7, 11) is 0. The van der Waals surface area contributed by atoms with Gasteiger partial charge in [0.25, 0.3) is 0 Å². The summed E-state index contributed by atoms with van der Waals surface area (Å²) in [4.78, 5) is 18.2. The molecule has 2 N–H and O–H groups in total. The van der Waals surface area contributed by atoms with E-state index in [1.165, 1.54) is 22.2 Å². The predicted molar refractivity (Wildman–Crippen MR) is 94.2 cm³/mol. The van der Waals surface area contributed by atoms with Gasteiger partial charge in [-0.15, -0.1) is 0 Å². The second kappa shape index (κ2) is 5.32. The van der Waals surface area contributed by atoms with Gasteiger partial charge in [-0.05, 0) is 43.7 Å². The number of rotatable bonds is 2. The average molecular weight is 340 g/mol. The van der Waals surface area contributed by atoms with Crippen LogP contribution in [0.25, 0.3) is 10.9 Å². The number of para-hydroxylation sites is 1. The van der Waals surface area contributed by atoms with E-state index in [1.807, 2.05) is 4.90 Å². The number of amides is 1. The number of hydrogen-bond donors (Lipinski definition) is 2. The molecular weight excluding hydrogens is 316 g/mol. The molecule has 1 aliphatic carbocycles. The van der Waals surface area contributed by atoms with Gasteiger partial charge in [0.2, 0.25) is 5.91 Å². The molecule has 2 fully saturated rings. The number of aromatic nitrogens is 1. The summed E-state index contributed by atoms with van der Waals surface area (Å²) in [6.07, 6.45) is 4.23. The van der Waals surface area contributed by atoms with E-state index in [9.17, 15) is 9.90 Å². The van der Waals surface area contributed by atoms with Gasteiger partial charge < -0.3 is 19.7 Å². The number of nitrogens with zero attached hydrogens (tertiary/aromatic N) is 1. The molecule has 3 aliphatic rings. The van der Waals surface area contributed by atoms with E-state index in [1.54, 1.807) is 0 Å². The van der Waals surface area contributed by atoms with Gasteiger partial charge in [-0.3, -0.25) is 4.79 Å². The monoisotopic (exact) mass is 340 g/mol. The highest BCUT2D eigenvalue weighted by Gasteiger charge is 2.53. The van der Waals surface area contributed by atoms with E-state index >= 15 is 0 Å². The molecule has 5 nitrogen and oxygen atoms in total. The number of piperidine rings is 1. The number of carbonyl (C=O) groups excluding carboxylic acids is 1. The van der Waals surface area contributed by atoms with Crippen molar-refractivity contribution in [3.8, 4) is 0 Å². The molecule has 2 aromatic rings. The van der Waals surface area contributed by atoms with Crippen LogP contribution < -0.4 is 0 Å². The van der Waals surface area contributed by atoms with E-state index in [2.05, 4.69) is 29.2 Å². The molecule has 132 valence electrons. The Kier molecular flexibility index (Phi) is 3.28. The van der Waals surface area contributed by atoms with Crippen LogP contribution >= 0.6 is 0 Å². The van der Waals surface area contributed by atoms with Crippen LogP contribution in [0, 0.1) is 5.41 Å². The molecule has 1 aromatic heterocycles. The lowest BCUT2D eigenvalue weighted by Crippen LogP contribution is -2.50. The molecule has 0 atom stereocenters. The number of aromatic amines is 1. The van der Waals surface area contributed by atoms with Crippen LogP contribution in [0.4, 0.5) is 0 Å². The van der Waals surface area contributed by atoms with Crippen molar-refractivity contribution >= 4 is 16.8 Å². The molecule has 1 saturated heterocycles. The summed E-state index contributed by atoms with van der Waals surface area (Å²) in [6.45, 7) is 2.13. The first-order valence-electron chi connectivity index (χ1n) is 9.32. The number of likely N-dealkylation sites (tertiary alicyclic amines) is 1. The highest BCUT2D eigenvalue weighted by atomic mass is 16.5. The second-order valence-electron chi connectivity index (χ2n) is 7.85. The number of hydrogen-bond acceptors (Lipinski definition) is 3. The number of ether oxygens (including phenoxy) is 1. The third kappa shape index (κ3) is 2.19. The van der Waals surface area contributed by atoms with Crippen molar-refractivity contribution in [3.63, 3.8) is 0 Å². The SMILES string of the molecule is O=C(N1CCC2(CC1)OCCc1c2[nH]c2ccccc12)C1(CO)CC1. The van der Waals surface area contributed by atoms with Gasteiger partial charge in [-0.2, -0.15) is 0 Å². The van der Waals surface area contributed by atoms with Crippen LogP contribution in [0.5, 0.6) is 0 Å². The molecule has 2 aliphatic heterocycles. The largest absolute Gasteiger partial charge is 0.395 e.